The molecule has 0 bridgehead atoms. The molecule has 0 radical (unpaired) electrons. The quantitative estimate of drug-likeness (QED) is 0.370. The maximum Gasteiger partial charge on any atom is 0.305 e. The maximum absolute atomic E-state index is 14.9. The summed E-state index contributed by atoms with van der Waals surface area (Å²) in [6.45, 7) is 4.21. The van der Waals surface area contributed by atoms with E-state index in [0.29, 0.717) is 62.9 Å². The predicted molar refractivity (Wildman–Crippen MR) is 118 cm³/mol. The van der Waals surface area contributed by atoms with Gasteiger partial charge in [-0.1, -0.05) is 6.07 Å². The molecule has 1 unspecified atom stereocenters. The third-order valence-electron chi connectivity index (χ3n) is 5.44. The number of nitrogens with zero attached hydrogens (tertiary/aromatic N) is 2. The summed E-state index contributed by atoms with van der Waals surface area (Å²) in [7, 11) is 1.62. The number of methoxy groups -OCH3 is 1. The van der Waals surface area contributed by atoms with Crippen LogP contribution in [-0.2, 0) is 14.3 Å². The average molecular weight is 449 g/mol. The van der Waals surface area contributed by atoms with Crippen LogP contribution in [0.3, 0.4) is 0 Å². The van der Waals surface area contributed by atoms with E-state index in [0.717, 1.165) is 12.8 Å². The molecule has 0 spiro atoms. The summed E-state index contributed by atoms with van der Waals surface area (Å²) in [5, 5.41) is 0. The van der Waals surface area contributed by atoms with Crippen molar-refractivity contribution in [3.05, 3.63) is 42.0 Å². The lowest BCUT2D eigenvalue weighted by Crippen LogP contribution is -2.22. The third-order valence-corrected chi connectivity index (χ3v) is 5.44. The number of hydrogen-bond donors (Lipinski definition) is 0. The van der Waals surface area contributed by atoms with Crippen LogP contribution in [0.15, 0.2) is 30.3 Å². The molecule has 1 aliphatic heterocycles. The van der Waals surface area contributed by atoms with Crippen LogP contribution in [0.2, 0.25) is 0 Å². The summed E-state index contributed by atoms with van der Waals surface area (Å²) >= 11 is 0. The molecule has 0 aliphatic carbocycles. The zero-order valence-electron chi connectivity index (χ0n) is 18.6. The van der Waals surface area contributed by atoms with Gasteiger partial charge in [-0.15, -0.1) is 0 Å². The Hall–Kier alpha value is -2.74. The number of pyridine rings is 1. The molecule has 3 rings (SSSR count). The van der Waals surface area contributed by atoms with Crippen LogP contribution in [0.4, 0.5) is 14.5 Å². The molecule has 6 nitrogen and oxygen atoms in total. The molecule has 1 aromatic heterocycles. The molecule has 0 saturated carbocycles. The lowest BCUT2D eigenvalue weighted by atomic mass is 10.0. The maximum atomic E-state index is 14.9. The van der Waals surface area contributed by atoms with E-state index in [-0.39, 0.29) is 17.6 Å². The Morgan fingerprint density at radius 3 is 2.72 bits per heavy atom. The number of halogens is 2. The van der Waals surface area contributed by atoms with Gasteiger partial charge in [0.2, 0.25) is 5.88 Å². The highest BCUT2D eigenvalue weighted by atomic mass is 19.1. The van der Waals surface area contributed by atoms with Crippen LogP contribution in [0.1, 0.15) is 32.6 Å². The van der Waals surface area contributed by atoms with E-state index < -0.39 is 11.6 Å². The second-order valence-electron chi connectivity index (χ2n) is 7.79. The second kappa shape index (κ2) is 11.8. The highest BCUT2D eigenvalue weighted by molar-refractivity contribution is 5.69. The number of carbonyl (C=O) groups excluding carboxylic acids is 1. The van der Waals surface area contributed by atoms with Gasteiger partial charge in [-0.3, -0.25) is 4.79 Å². The Morgan fingerprint density at radius 1 is 1.22 bits per heavy atom. The number of aromatic nitrogens is 1. The topological polar surface area (TPSA) is 60.9 Å². The van der Waals surface area contributed by atoms with E-state index in [2.05, 4.69) is 4.98 Å². The standard InChI is InChI=1S/C24H30F2N2O4/c1-3-31-23(29)9-8-17-10-11-28(16-17)24-19(25)14-18(15-20(24)26)21-6-4-7-22(27-21)32-13-5-12-30-2/h4,6-7,14-15,17H,3,5,8-13,16H2,1-2H3. The SMILES string of the molecule is CCOC(=O)CCC1CCN(c2c(F)cc(-c3cccc(OCCCOC)n3)cc2F)C1. The minimum atomic E-state index is -0.626. The summed E-state index contributed by atoms with van der Waals surface area (Å²) in [5.74, 6) is -0.887. The van der Waals surface area contributed by atoms with Gasteiger partial charge in [-0.2, -0.15) is 0 Å². The molecular formula is C24H30F2N2O4. The molecule has 174 valence electrons. The first-order valence-electron chi connectivity index (χ1n) is 11.0. The van der Waals surface area contributed by atoms with Crippen LogP contribution in [-0.4, -0.2) is 51.0 Å². The largest absolute Gasteiger partial charge is 0.478 e. The van der Waals surface area contributed by atoms with Crippen molar-refractivity contribution in [2.45, 2.75) is 32.6 Å². The summed E-state index contributed by atoms with van der Waals surface area (Å²) in [6.07, 6.45) is 2.48. The number of benzene rings is 1. The molecule has 2 aromatic rings. The van der Waals surface area contributed by atoms with Gasteiger partial charge in [-0.25, -0.2) is 13.8 Å². The van der Waals surface area contributed by atoms with Gasteiger partial charge in [0.05, 0.1) is 18.9 Å². The molecular weight excluding hydrogens is 418 g/mol. The molecule has 8 heteroatoms. The lowest BCUT2D eigenvalue weighted by molar-refractivity contribution is -0.143. The summed E-state index contributed by atoms with van der Waals surface area (Å²) in [5.41, 5.74) is 0.760. The van der Waals surface area contributed by atoms with Crippen molar-refractivity contribution in [1.29, 1.82) is 0 Å². The highest BCUT2D eigenvalue weighted by Gasteiger charge is 2.28. The number of ether oxygens (including phenoxy) is 3. The van der Waals surface area contributed by atoms with Gasteiger partial charge in [0.25, 0.3) is 0 Å². The normalized spacial score (nSPS) is 15.8. The molecule has 0 amide bonds. The van der Waals surface area contributed by atoms with Crippen molar-refractivity contribution in [1.82, 2.24) is 4.98 Å². The molecule has 1 saturated heterocycles. The van der Waals surface area contributed by atoms with E-state index in [4.69, 9.17) is 14.2 Å². The molecule has 32 heavy (non-hydrogen) atoms. The van der Waals surface area contributed by atoms with Crippen molar-refractivity contribution in [3.63, 3.8) is 0 Å². The Balaban J connectivity index is 1.66. The molecule has 1 fully saturated rings. The molecule has 2 heterocycles. The lowest BCUT2D eigenvalue weighted by Gasteiger charge is -2.21. The average Bonchev–Trinajstić information content (AvgIpc) is 3.24. The van der Waals surface area contributed by atoms with Gasteiger partial charge >= 0.3 is 5.97 Å². The number of esters is 1. The molecule has 1 aromatic carbocycles. The first kappa shape index (κ1) is 23.9. The monoisotopic (exact) mass is 448 g/mol. The van der Waals surface area contributed by atoms with E-state index in [1.54, 1.807) is 37.1 Å². The Kier molecular flexibility index (Phi) is 8.79. The smallest absolute Gasteiger partial charge is 0.305 e. The molecule has 1 aliphatic rings. The van der Waals surface area contributed by atoms with E-state index in [1.165, 1.54) is 12.1 Å². The predicted octanol–water partition coefficient (Wildman–Crippen LogP) is 4.61. The number of anilines is 1. The summed E-state index contributed by atoms with van der Waals surface area (Å²) in [4.78, 5) is 17.6. The van der Waals surface area contributed by atoms with Crippen LogP contribution < -0.4 is 9.64 Å². The second-order valence-corrected chi connectivity index (χ2v) is 7.79. The summed E-state index contributed by atoms with van der Waals surface area (Å²) < 4.78 is 45.4. The highest BCUT2D eigenvalue weighted by Crippen LogP contribution is 2.34. The van der Waals surface area contributed by atoms with Crippen LogP contribution in [0, 0.1) is 17.6 Å². The Morgan fingerprint density at radius 2 is 2.00 bits per heavy atom. The van der Waals surface area contributed by atoms with Crippen LogP contribution >= 0.6 is 0 Å². The number of rotatable bonds is 11. The van der Waals surface area contributed by atoms with E-state index in [9.17, 15) is 13.6 Å². The molecule has 1 atom stereocenters. The van der Waals surface area contributed by atoms with Gasteiger partial charge in [0.1, 0.15) is 17.3 Å². The van der Waals surface area contributed by atoms with Crippen molar-refractivity contribution in [2.24, 2.45) is 5.92 Å². The first-order chi connectivity index (χ1) is 15.5. The fourth-order valence-electron chi connectivity index (χ4n) is 3.88. The van der Waals surface area contributed by atoms with Crippen molar-refractivity contribution < 1.29 is 27.8 Å². The van der Waals surface area contributed by atoms with Gasteiger partial charge in [-0.05, 0) is 43.9 Å². The van der Waals surface area contributed by atoms with E-state index in [1.807, 2.05) is 0 Å². The molecule has 0 N–H and O–H groups in total. The van der Waals surface area contributed by atoms with Gasteiger partial charge in [0.15, 0.2) is 0 Å². The van der Waals surface area contributed by atoms with Crippen molar-refractivity contribution >= 4 is 11.7 Å². The fourth-order valence-corrected chi connectivity index (χ4v) is 3.88. The first-order valence-corrected chi connectivity index (χ1v) is 11.0. The fraction of sp³-hybridized carbons (Fsp3) is 0.500. The van der Waals surface area contributed by atoms with Crippen molar-refractivity contribution in [3.8, 4) is 17.1 Å². The summed E-state index contributed by atoms with van der Waals surface area (Å²) in [6, 6.07) is 7.75. The van der Waals surface area contributed by atoms with Gasteiger partial charge in [0, 0.05) is 51.3 Å². The Bertz CT molecular complexity index is 886. The van der Waals surface area contributed by atoms with Crippen LogP contribution in [0.25, 0.3) is 11.3 Å². The number of carbonyl (C=O) groups is 1. The van der Waals surface area contributed by atoms with E-state index >= 15 is 0 Å². The third kappa shape index (κ3) is 6.38. The minimum absolute atomic E-state index is 0.0284. The zero-order valence-corrected chi connectivity index (χ0v) is 18.6. The van der Waals surface area contributed by atoms with Crippen LogP contribution in [0.5, 0.6) is 5.88 Å². The van der Waals surface area contributed by atoms with Gasteiger partial charge < -0.3 is 19.1 Å². The zero-order chi connectivity index (χ0) is 22.9. The van der Waals surface area contributed by atoms with Crippen molar-refractivity contribution in [2.75, 3.05) is 44.9 Å². The number of hydrogen-bond acceptors (Lipinski definition) is 6. The Labute approximate surface area is 187 Å². The minimum Gasteiger partial charge on any atom is -0.478 e.